The second-order valence-electron chi connectivity index (χ2n) is 5.68. The normalized spacial score (nSPS) is 17.4. The molecule has 1 aliphatic rings. The first kappa shape index (κ1) is 15.3. The van der Waals surface area contributed by atoms with Crippen molar-refractivity contribution in [2.45, 2.75) is 32.2 Å². The SMILES string of the molecule is CC(Cc1ccccc1Br)NC(=O)NCC1(CO)CC1. The number of aliphatic hydroxyl groups is 1. The molecule has 0 bridgehead atoms. The molecular weight excluding hydrogens is 320 g/mol. The third-order valence-corrected chi connectivity index (χ3v) is 4.55. The summed E-state index contributed by atoms with van der Waals surface area (Å²) in [5.74, 6) is 0. The Kier molecular flexibility index (Phi) is 5.05. The van der Waals surface area contributed by atoms with Gasteiger partial charge in [-0.1, -0.05) is 34.1 Å². The fraction of sp³-hybridized carbons (Fsp3) is 0.533. The molecule has 5 heteroatoms. The Morgan fingerprint density at radius 2 is 2.15 bits per heavy atom. The van der Waals surface area contributed by atoms with Gasteiger partial charge in [0.05, 0.1) is 6.61 Å². The van der Waals surface area contributed by atoms with Gasteiger partial charge < -0.3 is 15.7 Å². The molecule has 0 radical (unpaired) electrons. The van der Waals surface area contributed by atoms with Gasteiger partial charge in [0.25, 0.3) is 0 Å². The Hall–Kier alpha value is -1.07. The van der Waals surface area contributed by atoms with Gasteiger partial charge in [0.1, 0.15) is 0 Å². The Labute approximate surface area is 128 Å². The molecule has 0 aromatic heterocycles. The highest BCUT2D eigenvalue weighted by molar-refractivity contribution is 9.10. The van der Waals surface area contributed by atoms with Gasteiger partial charge in [-0.3, -0.25) is 0 Å². The standard InChI is InChI=1S/C15H21BrN2O2/c1-11(8-12-4-2-3-5-13(12)16)18-14(20)17-9-15(10-19)6-7-15/h2-5,11,19H,6-10H2,1H3,(H2,17,18,20). The predicted molar refractivity (Wildman–Crippen MR) is 82.6 cm³/mol. The van der Waals surface area contributed by atoms with E-state index in [0.717, 1.165) is 23.7 Å². The first-order valence-electron chi connectivity index (χ1n) is 6.93. The number of rotatable bonds is 6. The molecule has 1 aromatic carbocycles. The number of urea groups is 1. The van der Waals surface area contributed by atoms with Crippen LogP contribution in [0.5, 0.6) is 0 Å². The van der Waals surface area contributed by atoms with Gasteiger partial charge in [-0.05, 0) is 37.8 Å². The molecular formula is C15H21BrN2O2. The van der Waals surface area contributed by atoms with Crippen molar-refractivity contribution in [1.29, 1.82) is 0 Å². The van der Waals surface area contributed by atoms with E-state index in [1.54, 1.807) is 0 Å². The minimum atomic E-state index is -0.163. The molecule has 110 valence electrons. The lowest BCUT2D eigenvalue weighted by atomic mass is 10.1. The Balaban J connectivity index is 1.75. The van der Waals surface area contributed by atoms with Crippen LogP contribution in [0.25, 0.3) is 0 Å². The van der Waals surface area contributed by atoms with Crippen LogP contribution < -0.4 is 10.6 Å². The number of carbonyl (C=O) groups excluding carboxylic acids is 1. The molecule has 1 fully saturated rings. The summed E-state index contributed by atoms with van der Waals surface area (Å²) in [4.78, 5) is 11.8. The van der Waals surface area contributed by atoms with Crippen LogP contribution in [0.2, 0.25) is 0 Å². The molecule has 3 N–H and O–H groups in total. The van der Waals surface area contributed by atoms with Crippen molar-refractivity contribution in [2.75, 3.05) is 13.2 Å². The van der Waals surface area contributed by atoms with Crippen molar-refractivity contribution < 1.29 is 9.90 Å². The summed E-state index contributed by atoms with van der Waals surface area (Å²) in [6, 6.07) is 7.90. The van der Waals surface area contributed by atoms with Crippen molar-refractivity contribution in [2.24, 2.45) is 5.41 Å². The number of hydrogen-bond acceptors (Lipinski definition) is 2. The van der Waals surface area contributed by atoms with Crippen molar-refractivity contribution in [3.63, 3.8) is 0 Å². The van der Waals surface area contributed by atoms with E-state index in [4.69, 9.17) is 0 Å². The highest BCUT2D eigenvalue weighted by Gasteiger charge is 2.42. The lowest BCUT2D eigenvalue weighted by molar-refractivity contribution is 0.202. The van der Waals surface area contributed by atoms with Gasteiger partial charge in [-0.15, -0.1) is 0 Å². The van der Waals surface area contributed by atoms with E-state index in [2.05, 4.69) is 26.6 Å². The van der Waals surface area contributed by atoms with Crippen LogP contribution in [0.1, 0.15) is 25.3 Å². The van der Waals surface area contributed by atoms with Crippen LogP contribution in [0.4, 0.5) is 4.79 Å². The van der Waals surface area contributed by atoms with E-state index in [1.165, 1.54) is 5.56 Å². The van der Waals surface area contributed by atoms with E-state index in [0.29, 0.717) is 6.54 Å². The summed E-state index contributed by atoms with van der Waals surface area (Å²) in [5, 5.41) is 15.0. The molecule has 0 aliphatic heterocycles. The minimum Gasteiger partial charge on any atom is -0.396 e. The second-order valence-corrected chi connectivity index (χ2v) is 6.54. The summed E-state index contributed by atoms with van der Waals surface area (Å²) in [5.41, 5.74) is 1.12. The molecule has 1 unspecified atom stereocenters. The molecule has 1 atom stereocenters. The molecule has 20 heavy (non-hydrogen) atoms. The third kappa shape index (κ3) is 4.21. The van der Waals surface area contributed by atoms with Crippen LogP contribution in [0, 0.1) is 5.41 Å². The smallest absolute Gasteiger partial charge is 0.315 e. The number of amides is 2. The number of aliphatic hydroxyl groups excluding tert-OH is 1. The molecule has 2 rings (SSSR count). The third-order valence-electron chi connectivity index (χ3n) is 3.78. The highest BCUT2D eigenvalue weighted by atomic mass is 79.9. The van der Waals surface area contributed by atoms with Gasteiger partial charge in [0.2, 0.25) is 0 Å². The number of halogens is 1. The van der Waals surface area contributed by atoms with E-state index in [9.17, 15) is 9.90 Å². The molecule has 4 nitrogen and oxygen atoms in total. The average molecular weight is 341 g/mol. The van der Waals surface area contributed by atoms with Crippen molar-refractivity contribution >= 4 is 22.0 Å². The predicted octanol–water partition coefficient (Wildman–Crippen LogP) is 2.45. The maximum absolute atomic E-state index is 11.8. The highest BCUT2D eigenvalue weighted by Crippen LogP contribution is 2.44. The van der Waals surface area contributed by atoms with Crippen LogP contribution in [0.15, 0.2) is 28.7 Å². The summed E-state index contributed by atoms with van der Waals surface area (Å²) in [6.45, 7) is 2.69. The summed E-state index contributed by atoms with van der Waals surface area (Å²) < 4.78 is 1.06. The van der Waals surface area contributed by atoms with E-state index in [1.807, 2.05) is 31.2 Å². The molecule has 0 saturated heterocycles. The van der Waals surface area contributed by atoms with E-state index in [-0.39, 0.29) is 24.1 Å². The average Bonchev–Trinajstić information content (AvgIpc) is 3.20. The molecule has 0 heterocycles. The van der Waals surface area contributed by atoms with Crippen molar-refractivity contribution in [3.05, 3.63) is 34.3 Å². The lowest BCUT2D eigenvalue weighted by Crippen LogP contribution is -2.44. The van der Waals surface area contributed by atoms with Crippen LogP contribution >= 0.6 is 15.9 Å². The number of benzene rings is 1. The molecule has 2 amide bonds. The van der Waals surface area contributed by atoms with E-state index < -0.39 is 0 Å². The fourth-order valence-corrected chi connectivity index (χ4v) is 2.60. The maximum Gasteiger partial charge on any atom is 0.315 e. The Morgan fingerprint density at radius 1 is 1.45 bits per heavy atom. The second kappa shape index (κ2) is 6.59. The van der Waals surface area contributed by atoms with Crippen LogP contribution in [-0.2, 0) is 6.42 Å². The zero-order valence-corrected chi connectivity index (χ0v) is 13.2. The molecule has 1 aliphatic carbocycles. The van der Waals surface area contributed by atoms with Crippen molar-refractivity contribution in [1.82, 2.24) is 10.6 Å². The Bertz CT molecular complexity index is 475. The van der Waals surface area contributed by atoms with Gasteiger partial charge in [-0.2, -0.15) is 0 Å². The summed E-state index contributed by atoms with van der Waals surface area (Å²) >= 11 is 3.51. The first-order valence-corrected chi connectivity index (χ1v) is 7.73. The van der Waals surface area contributed by atoms with Gasteiger partial charge in [0, 0.05) is 22.5 Å². The summed E-state index contributed by atoms with van der Waals surface area (Å²) in [7, 11) is 0. The molecule has 1 saturated carbocycles. The minimum absolute atomic E-state index is 0.0525. The zero-order valence-electron chi connectivity index (χ0n) is 11.7. The van der Waals surface area contributed by atoms with E-state index >= 15 is 0 Å². The van der Waals surface area contributed by atoms with Crippen molar-refractivity contribution in [3.8, 4) is 0 Å². The number of nitrogens with one attached hydrogen (secondary N) is 2. The van der Waals surface area contributed by atoms with Crippen LogP contribution in [0.3, 0.4) is 0 Å². The van der Waals surface area contributed by atoms with Gasteiger partial charge in [-0.25, -0.2) is 4.79 Å². The van der Waals surface area contributed by atoms with Gasteiger partial charge in [0.15, 0.2) is 0 Å². The zero-order chi connectivity index (χ0) is 14.6. The maximum atomic E-state index is 11.8. The van der Waals surface area contributed by atoms with Crippen LogP contribution in [-0.4, -0.2) is 30.3 Å². The largest absolute Gasteiger partial charge is 0.396 e. The monoisotopic (exact) mass is 340 g/mol. The number of carbonyl (C=O) groups is 1. The molecule has 0 spiro atoms. The first-order chi connectivity index (χ1) is 9.54. The summed E-state index contributed by atoms with van der Waals surface area (Å²) in [6.07, 6.45) is 2.77. The number of hydrogen-bond donors (Lipinski definition) is 3. The Morgan fingerprint density at radius 3 is 2.75 bits per heavy atom. The lowest BCUT2D eigenvalue weighted by Gasteiger charge is -2.17. The fourth-order valence-electron chi connectivity index (χ4n) is 2.16. The quantitative estimate of drug-likeness (QED) is 0.744. The van der Waals surface area contributed by atoms with Gasteiger partial charge >= 0.3 is 6.03 Å². The molecule has 1 aromatic rings. The topological polar surface area (TPSA) is 61.4 Å².